The zero-order chi connectivity index (χ0) is 15.2. The van der Waals surface area contributed by atoms with Crippen LogP contribution in [0.3, 0.4) is 0 Å². The molecule has 6 heteroatoms. The lowest BCUT2D eigenvalue weighted by Crippen LogP contribution is -2.31. The van der Waals surface area contributed by atoms with Gasteiger partial charge in [-0.3, -0.25) is 0 Å². The fraction of sp³-hybridized carbons (Fsp3) is 0.429. The minimum Gasteiger partial charge on any atom is -0.313 e. The van der Waals surface area contributed by atoms with Crippen molar-refractivity contribution in [2.24, 2.45) is 0 Å². The molecule has 0 radical (unpaired) electrons. The van der Waals surface area contributed by atoms with E-state index in [1.54, 1.807) is 12.1 Å². The Kier molecular flexibility index (Phi) is 6.88. The van der Waals surface area contributed by atoms with Gasteiger partial charge in [-0.05, 0) is 40.2 Å². The molecule has 20 heavy (non-hydrogen) atoms. The standard InChI is InChI=1S/C14H21BrN2O2S/c1-4-9-17(6-3)20(18,19)14-8-7-12(10-13(14)15)11-16-5-2/h4,7-8,10,16H,1,5-6,9,11H2,2-3H3. The van der Waals surface area contributed by atoms with E-state index >= 15 is 0 Å². The SMILES string of the molecule is C=CCN(CC)S(=O)(=O)c1ccc(CNCC)cc1Br. The maximum absolute atomic E-state index is 12.5. The number of rotatable bonds is 8. The van der Waals surface area contributed by atoms with E-state index < -0.39 is 10.0 Å². The molecule has 0 heterocycles. The number of hydrogen-bond acceptors (Lipinski definition) is 3. The van der Waals surface area contributed by atoms with E-state index in [0.29, 0.717) is 22.5 Å². The maximum atomic E-state index is 12.5. The van der Waals surface area contributed by atoms with E-state index in [4.69, 9.17) is 0 Å². The average Bonchev–Trinajstić information content (AvgIpc) is 2.42. The number of benzene rings is 1. The molecule has 1 rings (SSSR count). The first-order chi connectivity index (χ1) is 9.47. The van der Waals surface area contributed by atoms with Crippen LogP contribution in [0.4, 0.5) is 0 Å². The molecule has 1 aromatic carbocycles. The van der Waals surface area contributed by atoms with Crippen LogP contribution < -0.4 is 5.32 Å². The summed E-state index contributed by atoms with van der Waals surface area (Å²) in [6.45, 7) is 9.77. The predicted molar refractivity (Wildman–Crippen MR) is 86.2 cm³/mol. The number of halogens is 1. The molecule has 1 aromatic rings. The summed E-state index contributed by atoms with van der Waals surface area (Å²) < 4.78 is 27.0. The number of nitrogens with one attached hydrogen (secondary N) is 1. The minimum atomic E-state index is -3.49. The molecule has 0 aliphatic heterocycles. The van der Waals surface area contributed by atoms with Gasteiger partial charge in [-0.15, -0.1) is 6.58 Å². The molecule has 4 nitrogen and oxygen atoms in total. The second kappa shape index (κ2) is 7.93. The van der Waals surface area contributed by atoms with Gasteiger partial charge in [-0.1, -0.05) is 26.0 Å². The van der Waals surface area contributed by atoms with Crippen LogP contribution in [0, 0.1) is 0 Å². The van der Waals surface area contributed by atoms with Crippen LogP contribution in [0.25, 0.3) is 0 Å². The summed E-state index contributed by atoms with van der Waals surface area (Å²) in [6, 6.07) is 5.33. The Morgan fingerprint density at radius 3 is 2.60 bits per heavy atom. The van der Waals surface area contributed by atoms with Gasteiger partial charge in [0.2, 0.25) is 10.0 Å². The van der Waals surface area contributed by atoms with Crippen LogP contribution in [-0.2, 0) is 16.6 Å². The minimum absolute atomic E-state index is 0.293. The Labute approximate surface area is 130 Å². The number of hydrogen-bond donors (Lipinski definition) is 1. The largest absolute Gasteiger partial charge is 0.313 e. The van der Waals surface area contributed by atoms with Gasteiger partial charge in [0.15, 0.2) is 0 Å². The first kappa shape index (κ1) is 17.4. The van der Waals surface area contributed by atoms with Crippen LogP contribution in [0.15, 0.2) is 40.2 Å². The van der Waals surface area contributed by atoms with Crippen LogP contribution in [0.5, 0.6) is 0 Å². The van der Waals surface area contributed by atoms with Crippen molar-refractivity contribution < 1.29 is 8.42 Å². The van der Waals surface area contributed by atoms with Crippen molar-refractivity contribution in [2.45, 2.75) is 25.3 Å². The van der Waals surface area contributed by atoms with E-state index in [0.717, 1.165) is 18.7 Å². The van der Waals surface area contributed by atoms with Gasteiger partial charge in [0.1, 0.15) is 0 Å². The molecular formula is C14H21BrN2O2S. The highest BCUT2D eigenvalue weighted by Crippen LogP contribution is 2.26. The zero-order valence-electron chi connectivity index (χ0n) is 11.9. The van der Waals surface area contributed by atoms with Crippen LogP contribution in [0.1, 0.15) is 19.4 Å². The molecule has 0 fully saturated rings. The van der Waals surface area contributed by atoms with Crippen LogP contribution in [-0.4, -0.2) is 32.4 Å². The molecule has 0 unspecified atom stereocenters. The van der Waals surface area contributed by atoms with E-state index in [1.807, 2.05) is 26.0 Å². The summed E-state index contributed by atoms with van der Waals surface area (Å²) in [5.41, 5.74) is 1.05. The van der Waals surface area contributed by atoms with Gasteiger partial charge >= 0.3 is 0 Å². The highest BCUT2D eigenvalue weighted by molar-refractivity contribution is 9.10. The van der Waals surface area contributed by atoms with Crippen molar-refractivity contribution >= 4 is 26.0 Å². The van der Waals surface area contributed by atoms with Crippen molar-refractivity contribution in [3.8, 4) is 0 Å². The van der Waals surface area contributed by atoms with E-state index in [9.17, 15) is 8.42 Å². The Morgan fingerprint density at radius 2 is 2.10 bits per heavy atom. The Balaban J connectivity index is 3.09. The predicted octanol–water partition coefficient (Wildman–Crippen LogP) is 2.76. The molecule has 1 N–H and O–H groups in total. The number of nitrogens with zero attached hydrogens (tertiary/aromatic N) is 1. The molecule has 0 spiro atoms. The number of sulfonamides is 1. The molecule has 0 aliphatic rings. The summed E-state index contributed by atoms with van der Waals surface area (Å²) in [5.74, 6) is 0. The lowest BCUT2D eigenvalue weighted by atomic mass is 10.2. The van der Waals surface area contributed by atoms with Gasteiger partial charge < -0.3 is 5.32 Å². The lowest BCUT2D eigenvalue weighted by Gasteiger charge is -2.19. The van der Waals surface area contributed by atoms with Crippen molar-refractivity contribution in [1.82, 2.24) is 9.62 Å². The third-order valence-electron chi connectivity index (χ3n) is 2.88. The van der Waals surface area contributed by atoms with Gasteiger partial charge in [0.25, 0.3) is 0 Å². The molecule has 0 aliphatic carbocycles. The van der Waals surface area contributed by atoms with Crippen molar-refractivity contribution in [2.75, 3.05) is 19.6 Å². The number of likely N-dealkylation sites (N-methyl/N-ethyl adjacent to an activating group) is 1. The molecule has 0 saturated carbocycles. The first-order valence-electron chi connectivity index (χ1n) is 6.57. The Morgan fingerprint density at radius 1 is 1.40 bits per heavy atom. The molecule has 0 atom stereocenters. The molecule has 0 aromatic heterocycles. The summed E-state index contributed by atoms with van der Waals surface area (Å²) >= 11 is 3.36. The fourth-order valence-electron chi connectivity index (χ4n) is 1.81. The van der Waals surface area contributed by atoms with E-state index in [-0.39, 0.29) is 0 Å². The van der Waals surface area contributed by atoms with Crippen molar-refractivity contribution in [3.05, 3.63) is 40.9 Å². The van der Waals surface area contributed by atoms with E-state index in [2.05, 4.69) is 27.8 Å². The molecule has 0 amide bonds. The molecule has 112 valence electrons. The van der Waals surface area contributed by atoms with Gasteiger partial charge in [-0.25, -0.2) is 8.42 Å². The van der Waals surface area contributed by atoms with Crippen molar-refractivity contribution in [1.29, 1.82) is 0 Å². The highest BCUT2D eigenvalue weighted by Gasteiger charge is 2.24. The van der Waals surface area contributed by atoms with Gasteiger partial charge in [0.05, 0.1) is 4.90 Å². The van der Waals surface area contributed by atoms with Gasteiger partial charge in [0, 0.05) is 24.1 Å². The molecule has 0 bridgehead atoms. The van der Waals surface area contributed by atoms with Crippen LogP contribution >= 0.6 is 15.9 Å². The summed E-state index contributed by atoms with van der Waals surface area (Å²) in [4.78, 5) is 0.293. The Hall–Kier alpha value is -0.690. The monoisotopic (exact) mass is 360 g/mol. The van der Waals surface area contributed by atoms with Gasteiger partial charge in [-0.2, -0.15) is 4.31 Å². The second-order valence-corrected chi connectivity index (χ2v) is 7.05. The second-order valence-electron chi connectivity index (χ2n) is 4.29. The fourth-order valence-corrected chi connectivity index (χ4v) is 4.32. The smallest absolute Gasteiger partial charge is 0.244 e. The normalized spacial score (nSPS) is 11.8. The summed E-state index contributed by atoms with van der Waals surface area (Å²) in [5, 5.41) is 3.21. The molecule has 0 saturated heterocycles. The third-order valence-corrected chi connectivity index (χ3v) is 5.80. The maximum Gasteiger partial charge on any atom is 0.244 e. The third kappa shape index (κ3) is 4.15. The first-order valence-corrected chi connectivity index (χ1v) is 8.80. The van der Waals surface area contributed by atoms with E-state index in [1.165, 1.54) is 4.31 Å². The topological polar surface area (TPSA) is 49.4 Å². The van der Waals surface area contributed by atoms with Crippen LogP contribution in [0.2, 0.25) is 0 Å². The summed E-state index contributed by atoms with van der Waals surface area (Å²) in [6.07, 6.45) is 1.59. The molecular weight excluding hydrogens is 340 g/mol. The Bertz CT molecular complexity index is 558. The van der Waals surface area contributed by atoms with Crippen molar-refractivity contribution in [3.63, 3.8) is 0 Å². The lowest BCUT2D eigenvalue weighted by molar-refractivity contribution is 0.459. The average molecular weight is 361 g/mol. The quantitative estimate of drug-likeness (QED) is 0.725. The highest BCUT2D eigenvalue weighted by atomic mass is 79.9. The summed E-state index contributed by atoms with van der Waals surface area (Å²) in [7, 11) is -3.49. The zero-order valence-corrected chi connectivity index (χ0v) is 14.3.